The van der Waals surface area contributed by atoms with Crippen molar-refractivity contribution in [1.29, 1.82) is 0 Å². The molecule has 1 aromatic rings. The van der Waals surface area contributed by atoms with Crippen molar-refractivity contribution in [2.45, 2.75) is 25.9 Å². The lowest BCUT2D eigenvalue weighted by atomic mass is 10.1. The van der Waals surface area contributed by atoms with Crippen molar-refractivity contribution in [2.24, 2.45) is 5.73 Å². The molecular weight excluding hydrogens is 195 g/mol. The van der Waals surface area contributed by atoms with E-state index in [0.717, 1.165) is 5.56 Å². The molecule has 1 unspecified atom stereocenters. The molecule has 0 aliphatic heterocycles. The lowest BCUT2D eigenvalue weighted by Gasteiger charge is -2.15. The number of benzene rings is 1. The second-order valence-corrected chi connectivity index (χ2v) is 3.57. The normalized spacial score (nSPS) is 14.4. The van der Waals surface area contributed by atoms with Crippen LogP contribution in [0.25, 0.3) is 0 Å². The first-order valence-electron chi connectivity index (χ1n) is 4.82. The number of rotatable bonds is 3. The molecule has 1 rings (SSSR count). The topological polar surface area (TPSA) is 55.1 Å². The Kier molecular flexibility index (Phi) is 3.80. The van der Waals surface area contributed by atoms with Gasteiger partial charge in [-0.05, 0) is 31.5 Å². The van der Waals surface area contributed by atoms with Crippen LogP contribution in [0.3, 0.4) is 0 Å². The van der Waals surface area contributed by atoms with Crippen LogP contribution in [0, 0.1) is 5.82 Å². The van der Waals surface area contributed by atoms with Gasteiger partial charge >= 0.3 is 0 Å². The van der Waals surface area contributed by atoms with E-state index in [1.54, 1.807) is 19.1 Å². The highest BCUT2D eigenvalue weighted by molar-refractivity contribution is 5.81. The van der Waals surface area contributed by atoms with Crippen LogP contribution in [0.1, 0.15) is 25.5 Å². The van der Waals surface area contributed by atoms with Gasteiger partial charge in [0.15, 0.2) is 0 Å². The minimum absolute atomic E-state index is 0.163. The van der Waals surface area contributed by atoms with Crippen LogP contribution in [0.2, 0.25) is 0 Å². The molecule has 82 valence electrons. The van der Waals surface area contributed by atoms with Gasteiger partial charge in [0.05, 0.1) is 12.1 Å². The summed E-state index contributed by atoms with van der Waals surface area (Å²) in [5.41, 5.74) is 6.27. The van der Waals surface area contributed by atoms with E-state index in [2.05, 4.69) is 5.32 Å². The van der Waals surface area contributed by atoms with Crippen LogP contribution < -0.4 is 11.1 Å². The van der Waals surface area contributed by atoms with Gasteiger partial charge in [-0.1, -0.05) is 12.1 Å². The number of nitrogens with two attached hydrogens (primary N) is 1. The molecule has 0 aliphatic carbocycles. The molecule has 0 saturated carbocycles. The smallest absolute Gasteiger partial charge is 0.237 e. The summed E-state index contributed by atoms with van der Waals surface area (Å²) in [6.45, 7) is 3.44. The molecule has 0 radical (unpaired) electrons. The Hall–Kier alpha value is -1.42. The largest absolute Gasteiger partial charge is 0.348 e. The fourth-order valence-corrected chi connectivity index (χ4v) is 1.18. The minimum Gasteiger partial charge on any atom is -0.348 e. The summed E-state index contributed by atoms with van der Waals surface area (Å²) in [6, 6.07) is 5.31. The molecule has 0 bridgehead atoms. The molecular formula is C11H15FN2O. The zero-order valence-corrected chi connectivity index (χ0v) is 8.83. The summed E-state index contributed by atoms with van der Waals surface area (Å²) in [5, 5.41) is 2.73. The first-order chi connectivity index (χ1) is 7.00. The summed E-state index contributed by atoms with van der Waals surface area (Å²) in [4.78, 5) is 11.3. The van der Waals surface area contributed by atoms with E-state index in [1.165, 1.54) is 12.1 Å². The lowest BCUT2D eigenvalue weighted by Crippen LogP contribution is -2.39. The van der Waals surface area contributed by atoms with Gasteiger partial charge < -0.3 is 11.1 Å². The Balaban J connectivity index is 2.65. The maximum Gasteiger partial charge on any atom is 0.237 e. The Labute approximate surface area is 88.5 Å². The molecule has 3 N–H and O–H groups in total. The molecule has 1 aromatic carbocycles. The molecule has 0 saturated heterocycles. The van der Waals surface area contributed by atoms with Gasteiger partial charge in [0.1, 0.15) is 5.82 Å². The minimum atomic E-state index is -0.534. The van der Waals surface area contributed by atoms with E-state index in [0.29, 0.717) is 0 Å². The van der Waals surface area contributed by atoms with Crippen molar-refractivity contribution >= 4 is 5.91 Å². The van der Waals surface area contributed by atoms with Crippen LogP contribution in [-0.4, -0.2) is 11.9 Å². The predicted octanol–water partition coefficient (Wildman–Crippen LogP) is 1.35. The van der Waals surface area contributed by atoms with Crippen molar-refractivity contribution in [3.8, 4) is 0 Å². The van der Waals surface area contributed by atoms with Crippen LogP contribution in [-0.2, 0) is 4.79 Å². The van der Waals surface area contributed by atoms with E-state index in [-0.39, 0.29) is 17.8 Å². The first kappa shape index (κ1) is 11.7. The lowest BCUT2D eigenvalue weighted by molar-refractivity contribution is -0.122. The summed E-state index contributed by atoms with van der Waals surface area (Å²) in [6.07, 6.45) is 0. The van der Waals surface area contributed by atoms with Gasteiger partial charge in [-0.25, -0.2) is 4.39 Å². The summed E-state index contributed by atoms with van der Waals surface area (Å²) >= 11 is 0. The van der Waals surface area contributed by atoms with Crippen molar-refractivity contribution in [1.82, 2.24) is 5.32 Å². The molecule has 1 amide bonds. The Morgan fingerprint density at radius 2 is 1.87 bits per heavy atom. The SMILES string of the molecule is CC(N)C(=O)N[C@H](C)c1ccc(F)cc1. The maximum absolute atomic E-state index is 12.6. The fourth-order valence-electron chi connectivity index (χ4n) is 1.18. The highest BCUT2D eigenvalue weighted by atomic mass is 19.1. The molecule has 0 spiro atoms. The first-order valence-corrected chi connectivity index (χ1v) is 4.82. The number of amides is 1. The van der Waals surface area contributed by atoms with Crippen molar-refractivity contribution in [3.05, 3.63) is 35.6 Å². The molecule has 0 fully saturated rings. The van der Waals surface area contributed by atoms with Gasteiger partial charge in [0.2, 0.25) is 5.91 Å². The second kappa shape index (κ2) is 4.89. The van der Waals surface area contributed by atoms with E-state index < -0.39 is 6.04 Å². The van der Waals surface area contributed by atoms with Gasteiger partial charge in [0, 0.05) is 0 Å². The number of halogens is 1. The molecule has 0 heterocycles. The van der Waals surface area contributed by atoms with E-state index in [1.807, 2.05) is 6.92 Å². The van der Waals surface area contributed by atoms with Gasteiger partial charge in [-0.15, -0.1) is 0 Å². The molecule has 0 aliphatic rings. The fraction of sp³-hybridized carbons (Fsp3) is 0.364. The van der Waals surface area contributed by atoms with Crippen molar-refractivity contribution in [3.63, 3.8) is 0 Å². The zero-order valence-electron chi connectivity index (χ0n) is 8.83. The molecule has 0 aromatic heterocycles. The van der Waals surface area contributed by atoms with Crippen LogP contribution >= 0.6 is 0 Å². The molecule has 3 nitrogen and oxygen atoms in total. The number of carbonyl (C=O) groups excluding carboxylic acids is 1. The third-order valence-corrected chi connectivity index (χ3v) is 2.14. The zero-order chi connectivity index (χ0) is 11.4. The highest BCUT2D eigenvalue weighted by Crippen LogP contribution is 2.12. The predicted molar refractivity (Wildman–Crippen MR) is 56.6 cm³/mol. The molecule has 15 heavy (non-hydrogen) atoms. The van der Waals surface area contributed by atoms with Crippen molar-refractivity contribution in [2.75, 3.05) is 0 Å². The Morgan fingerprint density at radius 1 is 1.33 bits per heavy atom. The van der Waals surface area contributed by atoms with Gasteiger partial charge in [-0.2, -0.15) is 0 Å². The van der Waals surface area contributed by atoms with Crippen LogP contribution in [0.15, 0.2) is 24.3 Å². The van der Waals surface area contributed by atoms with Crippen LogP contribution in [0.5, 0.6) is 0 Å². The third kappa shape index (κ3) is 3.32. The number of hydrogen-bond donors (Lipinski definition) is 2. The van der Waals surface area contributed by atoms with Crippen LogP contribution in [0.4, 0.5) is 4.39 Å². The Morgan fingerprint density at radius 3 is 2.33 bits per heavy atom. The number of hydrogen-bond acceptors (Lipinski definition) is 2. The summed E-state index contributed by atoms with van der Waals surface area (Å²) in [7, 11) is 0. The summed E-state index contributed by atoms with van der Waals surface area (Å²) < 4.78 is 12.6. The van der Waals surface area contributed by atoms with E-state index >= 15 is 0 Å². The van der Waals surface area contributed by atoms with Crippen molar-refractivity contribution < 1.29 is 9.18 Å². The third-order valence-electron chi connectivity index (χ3n) is 2.14. The number of nitrogens with one attached hydrogen (secondary N) is 1. The summed E-state index contributed by atoms with van der Waals surface area (Å²) in [5.74, 6) is -0.503. The van der Waals surface area contributed by atoms with Gasteiger partial charge in [-0.3, -0.25) is 4.79 Å². The standard InChI is InChI=1S/C11H15FN2O/c1-7(13)11(15)14-8(2)9-3-5-10(12)6-4-9/h3-8H,13H2,1-2H3,(H,14,15)/t7?,8-/m1/s1. The van der Waals surface area contributed by atoms with Gasteiger partial charge in [0.25, 0.3) is 0 Å². The number of carbonyl (C=O) groups is 1. The average Bonchev–Trinajstić information content (AvgIpc) is 2.18. The van der Waals surface area contributed by atoms with E-state index in [9.17, 15) is 9.18 Å². The highest BCUT2D eigenvalue weighted by Gasteiger charge is 2.12. The second-order valence-electron chi connectivity index (χ2n) is 3.57. The maximum atomic E-state index is 12.6. The molecule has 2 atom stereocenters. The molecule has 4 heteroatoms. The van der Waals surface area contributed by atoms with E-state index in [4.69, 9.17) is 5.73 Å². The quantitative estimate of drug-likeness (QED) is 0.791. The monoisotopic (exact) mass is 210 g/mol. The average molecular weight is 210 g/mol. The Bertz CT molecular complexity index is 335.